The van der Waals surface area contributed by atoms with Gasteiger partial charge < -0.3 is 9.84 Å². The van der Waals surface area contributed by atoms with E-state index >= 15 is 0 Å². The van der Waals surface area contributed by atoms with Gasteiger partial charge in [-0.15, -0.1) is 0 Å². The number of ether oxygens (including phenoxy) is 1. The van der Waals surface area contributed by atoms with E-state index in [9.17, 15) is 19.5 Å². The minimum absolute atomic E-state index is 0.201. The maximum Gasteiger partial charge on any atom is 0.195 e. The summed E-state index contributed by atoms with van der Waals surface area (Å²) in [5, 5.41) is 10.4. The minimum Gasteiger partial charge on any atom is -0.485 e. The summed E-state index contributed by atoms with van der Waals surface area (Å²) in [5.41, 5.74) is 0.662. The summed E-state index contributed by atoms with van der Waals surface area (Å²) in [7, 11) is 0. The van der Waals surface area contributed by atoms with E-state index in [1.165, 1.54) is 6.92 Å². The van der Waals surface area contributed by atoms with Gasteiger partial charge in [-0.3, -0.25) is 14.4 Å². The number of hydrogen-bond acceptors (Lipinski definition) is 5. The number of benzene rings is 2. The van der Waals surface area contributed by atoms with Crippen LogP contribution in [0.3, 0.4) is 0 Å². The molecule has 0 radical (unpaired) electrons. The molecule has 2 aromatic rings. The van der Waals surface area contributed by atoms with Gasteiger partial charge in [0.05, 0.1) is 6.42 Å². The molecule has 2 rings (SSSR count). The first-order valence-corrected chi connectivity index (χ1v) is 7.49. The Morgan fingerprint density at radius 1 is 1.00 bits per heavy atom. The highest BCUT2D eigenvalue weighted by Crippen LogP contribution is 2.27. The average molecular weight is 326 g/mol. The van der Waals surface area contributed by atoms with Crippen molar-refractivity contribution in [1.29, 1.82) is 0 Å². The van der Waals surface area contributed by atoms with E-state index in [1.807, 2.05) is 0 Å². The Labute approximate surface area is 139 Å². The summed E-state index contributed by atoms with van der Waals surface area (Å²) in [4.78, 5) is 34.9. The highest BCUT2D eigenvalue weighted by molar-refractivity contribution is 6.00. The standard InChI is InChI=1S/C19H18O5/c1-13(20)11-15(21)12-24-17-10-6-5-9-16(17)19(23)18(22)14-7-3-2-4-8-14/h2-10,19,23H,11-12H2,1H3. The van der Waals surface area contributed by atoms with E-state index in [0.29, 0.717) is 5.56 Å². The van der Waals surface area contributed by atoms with E-state index in [0.717, 1.165) is 0 Å². The van der Waals surface area contributed by atoms with Crippen molar-refractivity contribution in [3.8, 4) is 5.75 Å². The largest absolute Gasteiger partial charge is 0.485 e. The molecule has 1 N–H and O–H groups in total. The molecule has 5 heteroatoms. The summed E-state index contributed by atoms with van der Waals surface area (Å²) in [6.07, 6.45) is -1.60. The van der Waals surface area contributed by atoms with Crippen LogP contribution in [0.1, 0.15) is 35.4 Å². The van der Waals surface area contributed by atoms with Crippen molar-refractivity contribution in [3.63, 3.8) is 0 Å². The van der Waals surface area contributed by atoms with Crippen molar-refractivity contribution < 1.29 is 24.2 Å². The molecule has 0 bridgehead atoms. The first-order chi connectivity index (χ1) is 11.5. The summed E-state index contributed by atoms with van der Waals surface area (Å²) in [5.74, 6) is -0.815. The lowest BCUT2D eigenvalue weighted by Gasteiger charge is -2.15. The van der Waals surface area contributed by atoms with Crippen LogP contribution in [-0.4, -0.2) is 29.1 Å². The van der Waals surface area contributed by atoms with Crippen LogP contribution in [0.25, 0.3) is 0 Å². The van der Waals surface area contributed by atoms with E-state index in [2.05, 4.69) is 0 Å². The van der Waals surface area contributed by atoms with Crippen molar-refractivity contribution in [2.45, 2.75) is 19.4 Å². The van der Waals surface area contributed by atoms with Gasteiger partial charge in [-0.05, 0) is 13.0 Å². The van der Waals surface area contributed by atoms with Gasteiger partial charge >= 0.3 is 0 Å². The second kappa shape index (κ2) is 8.17. The van der Waals surface area contributed by atoms with Crippen molar-refractivity contribution >= 4 is 17.3 Å². The van der Waals surface area contributed by atoms with Gasteiger partial charge in [-0.2, -0.15) is 0 Å². The molecule has 2 aromatic carbocycles. The van der Waals surface area contributed by atoms with Crippen molar-refractivity contribution in [2.24, 2.45) is 0 Å². The fourth-order valence-corrected chi connectivity index (χ4v) is 2.23. The molecule has 0 saturated carbocycles. The van der Waals surface area contributed by atoms with E-state index in [4.69, 9.17) is 4.74 Å². The topological polar surface area (TPSA) is 80.7 Å². The smallest absolute Gasteiger partial charge is 0.195 e. The Morgan fingerprint density at radius 3 is 2.29 bits per heavy atom. The first kappa shape index (κ1) is 17.6. The zero-order valence-corrected chi connectivity index (χ0v) is 13.3. The van der Waals surface area contributed by atoms with Crippen molar-refractivity contribution in [2.75, 3.05) is 6.61 Å². The molecule has 0 spiro atoms. The average Bonchev–Trinajstić information content (AvgIpc) is 2.59. The van der Waals surface area contributed by atoms with Gasteiger partial charge in [0.15, 0.2) is 11.6 Å². The van der Waals surface area contributed by atoms with Crippen LogP contribution in [0.2, 0.25) is 0 Å². The molecule has 0 aliphatic rings. The van der Waals surface area contributed by atoms with Gasteiger partial charge in [0.1, 0.15) is 24.2 Å². The summed E-state index contributed by atoms with van der Waals surface area (Å²) in [6, 6.07) is 14.9. The second-order valence-corrected chi connectivity index (χ2v) is 5.38. The molecule has 5 nitrogen and oxygen atoms in total. The Hall–Kier alpha value is -2.79. The van der Waals surface area contributed by atoms with Crippen LogP contribution < -0.4 is 4.74 Å². The van der Waals surface area contributed by atoms with Crippen LogP contribution in [-0.2, 0) is 9.59 Å². The maximum atomic E-state index is 12.4. The zero-order chi connectivity index (χ0) is 17.5. The molecule has 0 aromatic heterocycles. The number of aliphatic hydroxyl groups excluding tert-OH is 1. The van der Waals surface area contributed by atoms with E-state index < -0.39 is 11.9 Å². The van der Waals surface area contributed by atoms with Gasteiger partial charge in [-0.1, -0.05) is 48.5 Å². The number of hydrogen-bond donors (Lipinski definition) is 1. The van der Waals surface area contributed by atoms with E-state index in [-0.39, 0.29) is 35.9 Å². The number of aliphatic hydroxyl groups is 1. The molecule has 24 heavy (non-hydrogen) atoms. The molecule has 0 fully saturated rings. The molecule has 124 valence electrons. The molecule has 0 aliphatic heterocycles. The molecule has 0 saturated heterocycles. The Bertz CT molecular complexity index is 736. The predicted molar refractivity (Wildman–Crippen MR) is 88.0 cm³/mol. The molecule has 1 unspecified atom stereocenters. The predicted octanol–water partition coefficient (Wildman–Crippen LogP) is 2.53. The highest BCUT2D eigenvalue weighted by Gasteiger charge is 2.22. The fraction of sp³-hybridized carbons (Fsp3) is 0.211. The lowest BCUT2D eigenvalue weighted by molar-refractivity contribution is -0.127. The van der Waals surface area contributed by atoms with Crippen LogP contribution in [0.4, 0.5) is 0 Å². The quantitative estimate of drug-likeness (QED) is 0.595. The number of carbonyl (C=O) groups is 3. The molecule has 0 aliphatic carbocycles. The molecule has 1 atom stereocenters. The first-order valence-electron chi connectivity index (χ1n) is 7.49. The second-order valence-electron chi connectivity index (χ2n) is 5.38. The number of rotatable bonds is 8. The monoisotopic (exact) mass is 326 g/mol. The number of para-hydroxylation sites is 1. The zero-order valence-electron chi connectivity index (χ0n) is 13.3. The normalized spacial score (nSPS) is 11.6. The fourth-order valence-electron chi connectivity index (χ4n) is 2.23. The molecular formula is C19H18O5. The number of ketones is 3. The van der Waals surface area contributed by atoms with Crippen LogP contribution in [0, 0.1) is 0 Å². The highest BCUT2D eigenvalue weighted by atomic mass is 16.5. The van der Waals surface area contributed by atoms with E-state index in [1.54, 1.807) is 54.6 Å². The SMILES string of the molecule is CC(=O)CC(=O)COc1ccccc1C(O)C(=O)c1ccccc1. The van der Waals surface area contributed by atoms with Crippen molar-refractivity contribution in [3.05, 3.63) is 65.7 Å². The Kier molecular flexibility index (Phi) is 5.98. The molecular weight excluding hydrogens is 308 g/mol. The number of Topliss-reactive ketones (excluding diaryl/α,β-unsaturated/α-hetero) is 3. The molecule has 0 heterocycles. The minimum atomic E-state index is -1.40. The third-order valence-electron chi connectivity index (χ3n) is 3.36. The van der Waals surface area contributed by atoms with Gasteiger partial charge in [-0.25, -0.2) is 0 Å². The van der Waals surface area contributed by atoms with Crippen molar-refractivity contribution in [1.82, 2.24) is 0 Å². The summed E-state index contributed by atoms with van der Waals surface area (Å²) >= 11 is 0. The summed E-state index contributed by atoms with van der Waals surface area (Å²) < 4.78 is 5.39. The van der Waals surface area contributed by atoms with Crippen LogP contribution >= 0.6 is 0 Å². The van der Waals surface area contributed by atoms with Gasteiger partial charge in [0.25, 0.3) is 0 Å². The third kappa shape index (κ3) is 4.60. The Morgan fingerprint density at radius 2 is 1.62 bits per heavy atom. The maximum absolute atomic E-state index is 12.4. The van der Waals surface area contributed by atoms with Crippen LogP contribution in [0.5, 0.6) is 5.75 Å². The Balaban J connectivity index is 2.14. The lowest BCUT2D eigenvalue weighted by atomic mass is 9.99. The lowest BCUT2D eigenvalue weighted by Crippen LogP contribution is -2.17. The van der Waals surface area contributed by atoms with Crippen LogP contribution in [0.15, 0.2) is 54.6 Å². The van der Waals surface area contributed by atoms with Gasteiger partial charge in [0, 0.05) is 11.1 Å². The van der Waals surface area contributed by atoms with Gasteiger partial charge in [0.2, 0.25) is 0 Å². The molecule has 0 amide bonds. The number of carbonyl (C=O) groups excluding carboxylic acids is 3. The third-order valence-corrected chi connectivity index (χ3v) is 3.36. The summed E-state index contributed by atoms with van der Waals surface area (Å²) in [6.45, 7) is 1.04.